The summed E-state index contributed by atoms with van der Waals surface area (Å²) in [5, 5.41) is 9.08. The highest BCUT2D eigenvalue weighted by Gasteiger charge is 2.37. The smallest absolute Gasteiger partial charge is 0.264 e. The topological polar surface area (TPSA) is 85.5 Å². The van der Waals surface area contributed by atoms with Gasteiger partial charge < -0.3 is 4.57 Å². The fourth-order valence-electron chi connectivity index (χ4n) is 5.92. The van der Waals surface area contributed by atoms with Crippen molar-refractivity contribution in [3.05, 3.63) is 113 Å². The molecule has 0 saturated carbocycles. The van der Waals surface area contributed by atoms with Crippen LogP contribution in [0.25, 0.3) is 0 Å². The average molecular weight is 553 g/mol. The zero-order chi connectivity index (χ0) is 27.7. The minimum absolute atomic E-state index is 0.144. The van der Waals surface area contributed by atoms with Crippen molar-refractivity contribution >= 4 is 15.7 Å². The Hall–Kier alpha value is -3.97. The van der Waals surface area contributed by atoms with Gasteiger partial charge in [0.25, 0.3) is 10.0 Å². The third kappa shape index (κ3) is 4.90. The number of rotatable bonds is 5. The van der Waals surface area contributed by atoms with E-state index in [1.807, 2.05) is 73.2 Å². The van der Waals surface area contributed by atoms with Gasteiger partial charge in [0.2, 0.25) is 0 Å². The number of sulfonamides is 1. The molecule has 0 amide bonds. The summed E-state index contributed by atoms with van der Waals surface area (Å²) in [4.78, 5) is 9.71. The van der Waals surface area contributed by atoms with Crippen LogP contribution in [0.15, 0.2) is 90.2 Å². The first kappa shape index (κ1) is 26.3. The summed E-state index contributed by atoms with van der Waals surface area (Å²) < 4.78 is 30.8. The highest BCUT2D eigenvalue weighted by atomic mass is 32.2. The minimum Gasteiger partial charge on any atom is -0.329 e. The summed E-state index contributed by atoms with van der Waals surface area (Å²) in [6.45, 7) is 5.01. The molecular weight excluding hydrogens is 520 g/mol. The number of benzene rings is 3. The van der Waals surface area contributed by atoms with E-state index in [9.17, 15) is 8.42 Å². The maximum absolute atomic E-state index is 13.6. The summed E-state index contributed by atoms with van der Waals surface area (Å²) in [5.74, 6) is 0. The Morgan fingerprint density at radius 2 is 1.65 bits per heavy atom. The van der Waals surface area contributed by atoms with Crippen LogP contribution in [0.4, 0.5) is 5.69 Å². The lowest BCUT2D eigenvalue weighted by molar-refractivity contribution is 0.218. The van der Waals surface area contributed by atoms with Gasteiger partial charge >= 0.3 is 0 Å². The maximum atomic E-state index is 13.6. The van der Waals surface area contributed by atoms with Gasteiger partial charge in [-0.3, -0.25) is 14.1 Å². The lowest BCUT2D eigenvalue weighted by Crippen LogP contribution is -2.34. The van der Waals surface area contributed by atoms with Crippen molar-refractivity contribution in [1.29, 1.82) is 5.26 Å². The molecule has 1 unspecified atom stereocenters. The molecular formula is C31H32N6O2S. The van der Waals surface area contributed by atoms with Gasteiger partial charge in [-0.1, -0.05) is 48.5 Å². The van der Waals surface area contributed by atoms with E-state index < -0.39 is 10.0 Å². The molecule has 1 atom stereocenters. The van der Waals surface area contributed by atoms with Crippen LogP contribution < -0.4 is 4.31 Å². The summed E-state index contributed by atoms with van der Waals surface area (Å²) in [6, 6.07) is 25.0. The molecule has 4 aromatic rings. The van der Waals surface area contributed by atoms with Crippen LogP contribution in [0.1, 0.15) is 40.4 Å². The number of para-hydroxylation sites is 1. The van der Waals surface area contributed by atoms with Gasteiger partial charge in [0.05, 0.1) is 40.3 Å². The van der Waals surface area contributed by atoms with E-state index in [4.69, 9.17) is 5.26 Å². The van der Waals surface area contributed by atoms with Gasteiger partial charge in [0.15, 0.2) is 0 Å². The predicted octanol–water partition coefficient (Wildman–Crippen LogP) is 4.24. The number of aromatic nitrogens is 2. The van der Waals surface area contributed by atoms with E-state index in [2.05, 4.69) is 31.5 Å². The number of hydrogen-bond acceptors (Lipinski definition) is 6. The molecule has 0 N–H and O–H groups in total. The quantitative estimate of drug-likeness (QED) is 0.368. The van der Waals surface area contributed by atoms with Gasteiger partial charge in [0, 0.05) is 46.0 Å². The van der Waals surface area contributed by atoms with Gasteiger partial charge in [-0.05, 0) is 53.9 Å². The molecule has 1 aromatic heterocycles. The van der Waals surface area contributed by atoms with Gasteiger partial charge in [-0.15, -0.1) is 0 Å². The molecule has 0 radical (unpaired) electrons. The fourth-order valence-corrected chi connectivity index (χ4v) is 7.37. The van der Waals surface area contributed by atoms with E-state index in [-0.39, 0.29) is 6.04 Å². The zero-order valence-electron chi connectivity index (χ0n) is 22.5. The lowest BCUT2D eigenvalue weighted by Gasteiger charge is -2.32. The Morgan fingerprint density at radius 3 is 2.45 bits per heavy atom. The molecule has 3 heterocycles. The summed E-state index contributed by atoms with van der Waals surface area (Å²) >= 11 is 0. The molecule has 9 heteroatoms. The van der Waals surface area contributed by atoms with Crippen LogP contribution in [0.2, 0.25) is 0 Å². The number of fused-ring (bicyclic) bond motifs is 2. The summed E-state index contributed by atoms with van der Waals surface area (Å²) in [6.07, 6.45) is 4.78. The number of imidazole rings is 1. The molecule has 0 aliphatic carbocycles. The van der Waals surface area contributed by atoms with E-state index in [1.54, 1.807) is 13.1 Å². The van der Waals surface area contributed by atoms with E-state index in [1.165, 1.54) is 4.31 Å². The molecule has 40 heavy (non-hydrogen) atoms. The molecule has 2 aliphatic rings. The van der Waals surface area contributed by atoms with Crippen molar-refractivity contribution in [2.75, 3.05) is 37.5 Å². The van der Waals surface area contributed by atoms with Crippen LogP contribution in [0.5, 0.6) is 0 Å². The molecule has 3 aromatic carbocycles. The first-order valence-corrected chi connectivity index (χ1v) is 15.0. The highest BCUT2D eigenvalue weighted by Crippen LogP contribution is 2.43. The van der Waals surface area contributed by atoms with Crippen LogP contribution in [0, 0.1) is 11.3 Å². The fraction of sp³-hybridized carbons (Fsp3) is 0.290. The number of nitrogens with zero attached hydrogens (tertiary/aromatic N) is 6. The molecule has 0 bridgehead atoms. The van der Waals surface area contributed by atoms with Crippen molar-refractivity contribution in [3.63, 3.8) is 0 Å². The Balaban J connectivity index is 1.23. The van der Waals surface area contributed by atoms with Crippen molar-refractivity contribution < 1.29 is 8.42 Å². The predicted molar refractivity (Wildman–Crippen MR) is 154 cm³/mol. The third-order valence-corrected chi connectivity index (χ3v) is 9.88. The second-order valence-electron chi connectivity index (χ2n) is 10.5. The summed E-state index contributed by atoms with van der Waals surface area (Å²) in [5.41, 5.74) is 5.53. The first-order valence-electron chi connectivity index (χ1n) is 13.6. The molecule has 1 fully saturated rings. The number of anilines is 1. The molecule has 0 spiro atoms. The Labute approximate surface area is 235 Å². The van der Waals surface area contributed by atoms with Gasteiger partial charge in [-0.25, -0.2) is 13.4 Å². The van der Waals surface area contributed by atoms with Crippen molar-refractivity contribution in [1.82, 2.24) is 19.4 Å². The second kappa shape index (κ2) is 10.9. The Morgan fingerprint density at radius 1 is 0.900 bits per heavy atom. The van der Waals surface area contributed by atoms with Crippen molar-refractivity contribution in [2.24, 2.45) is 0 Å². The van der Waals surface area contributed by atoms with E-state index in [0.29, 0.717) is 17.0 Å². The molecule has 204 valence electrons. The normalized spacial score (nSPS) is 19.2. The van der Waals surface area contributed by atoms with Gasteiger partial charge in [0.1, 0.15) is 0 Å². The van der Waals surface area contributed by atoms with Crippen molar-refractivity contribution in [2.45, 2.75) is 30.4 Å². The molecule has 6 rings (SSSR count). The van der Waals surface area contributed by atoms with Crippen LogP contribution in [0.3, 0.4) is 0 Å². The second-order valence-corrected chi connectivity index (χ2v) is 12.4. The lowest BCUT2D eigenvalue weighted by atomic mass is 9.95. The van der Waals surface area contributed by atoms with Crippen LogP contribution in [-0.4, -0.2) is 61.0 Å². The zero-order valence-corrected chi connectivity index (χ0v) is 23.3. The van der Waals surface area contributed by atoms with Crippen molar-refractivity contribution in [3.8, 4) is 6.07 Å². The maximum Gasteiger partial charge on any atom is 0.264 e. The SMILES string of the molecule is CN1c2ccccc2C(N2CCCN(Cc3cncn3Cc3ccc(C#N)cc3)CC2)c2ccccc2S1(=O)=O. The van der Waals surface area contributed by atoms with Gasteiger partial charge in [-0.2, -0.15) is 5.26 Å². The molecule has 2 aliphatic heterocycles. The standard InChI is InChI=1S/C31H32N6O2S/c1-34-29-9-4-2-7-27(29)31(28-8-3-5-10-30(28)40(34,38)39)36-16-6-15-35(17-18-36)22-26-20-33-23-37(26)21-25-13-11-24(19-32)12-14-25/h2-5,7-14,20,23,31H,6,15-18,21-22H2,1H3. The number of nitriles is 1. The Kier molecular flexibility index (Phi) is 7.15. The molecule has 8 nitrogen and oxygen atoms in total. The van der Waals surface area contributed by atoms with E-state index in [0.717, 1.165) is 67.2 Å². The van der Waals surface area contributed by atoms with Crippen LogP contribution >= 0.6 is 0 Å². The largest absolute Gasteiger partial charge is 0.329 e. The monoisotopic (exact) mass is 552 g/mol. The number of hydrogen-bond donors (Lipinski definition) is 0. The molecule has 1 saturated heterocycles. The average Bonchev–Trinajstić information content (AvgIpc) is 3.25. The van der Waals surface area contributed by atoms with Crippen LogP contribution in [-0.2, 0) is 23.1 Å². The van der Waals surface area contributed by atoms with E-state index >= 15 is 0 Å². The first-order chi connectivity index (χ1) is 19.5. The third-order valence-electron chi connectivity index (χ3n) is 8.03. The Bertz CT molecular complexity index is 1660. The highest BCUT2D eigenvalue weighted by molar-refractivity contribution is 7.92. The minimum atomic E-state index is -3.66. The summed E-state index contributed by atoms with van der Waals surface area (Å²) in [7, 11) is -2.01.